The van der Waals surface area contributed by atoms with Crippen molar-refractivity contribution in [2.24, 2.45) is 5.73 Å². The number of rotatable bonds is 5. The molecule has 1 aliphatic rings. The van der Waals surface area contributed by atoms with Crippen LogP contribution in [-0.2, 0) is 0 Å². The van der Waals surface area contributed by atoms with E-state index >= 15 is 0 Å². The van der Waals surface area contributed by atoms with Crippen molar-refractivity contribution in [2.45, 2.75) is 45.6 Å². The van der Waals surface area contributed by atoms with Crippen LogP contribution in [0, 0.1) is 0 Å². The first-order valence-electron chi connectivity index (χ1n) is 7.54. The number of nitrogens with zero attached hydrogens (tertiary/aromatic N) is 1. The molecule has 2 N–H and O–H groups in total. The molecule has 108 valence electrons. The molecule has 2 heteroatoms. The number of hydrogen-bond donors (Lipinski definition) is 1. The van der Waals surface area contributed by atoms with Crippen LogP contribution in [0.15, 0.2) is 53.8 Å². The lowest BCUT2D eigenvalue weighted by molar-refractivity contribution is 0.564. The Hall–Kier alpha value is -1.54. The number of hydrogen-bond acceptors (Lipinski definition) is 2. The monoisotopic (exact) mass is 270 g/mol. The van der Waals surface area contributed by atoms with E-state index in [1.807, 2.05) is 0 Å². The van der Waals surface area contributed by atoms with Gasteiger partial charge in [0.25, 0.3) is 0 Å². The minimum atomic E-state index is -0.208. The molecule has 0 radical (unpaired) electrons. The summed E-state index contributed by atoms with van der Waals surface area (Å²) < 4.78 is 0. The van der Waals surface area contributed by atoms with Crippen molar-refractivity contribution in [3.05, 3.63) is 53.8 Å². The van der Waals surface area contributed by atoms with Crippen molar-refractivity contribution in [3.8, 4) is 0 Å². The molecule has 1 aromatic rings. The maximum absolute atomic E-state index is 6.23. The molecule has 0 amide bonds. The lowest BCUT2D eigenvalue weighted by atomic mass is 9.88. The lowest BCUT2D eigenvalue weighted by Crippen LogP contribution is -2.37. The molecule has 0 heterocycles. The number of allylic oxidation sites excluding steroid dienone is 1. The Bertz CT molecular complexity index is 497. The standard InChI is InChI=1S/C18H26N2/c1-4-5-13-20(16-9-7-6-8-10-16)17-11-12-18(3,19)14-15(17)2/h6-12H,4-5,13-14,19H2,1-3H3. The summed E-state index contributed by atoms with van der Waals surface area (Å²) in [5.74, 6) is 0. The van der Waals surface area contributed by atoms with E-state index in [2.05, 4.69) is 68.2 Å². The molecule has 1 atom stereocenters. The topological polar surface area (TPSA) is 29.3 Å². The van der Waals surface area contributed by atoms with Crippen LogP contribution in [0.2, 0.25) is 0 Å². The van der Waals surface area contributed by atoms with E-state index in [0.717, 1.165) is 13.0 Å². The van der Waals surface area contributed by atoms with Crippen LogP contribution < -0.4 is 10.6 Å². The van der Waals surface area contributed by atoms with E-state index in [4.69, 9.17) is 5.73 Å². The Kier molecular flexibility index (Phi) is 4.66. The maximum atomic E-state index is 6.23. The summed E-state index contributed by atoms with van der Waals surface area (Å²) in [5.41, 5.74) is 9.97. The van der Waals surface area contributed by atoms with Crippen molar-refractivity contribution >= 4 is 5.69 Å². The second kappa shape index (κ2) is 6.27. The number of benzene rings is 1. The fourth-order valence-electron chi connectivity index (χ4n) is 2.77. The van der Waals surface area contributed by atoms with Gasteiger partial charge in [0.05, 0.1) is 0 Å². The van der Waals surface area contributed by atoms with Crippen molar-refractivity contribution in [3.63, 3.8) is 0 Å². The van der Waals surface area contributed by atoms with Crippen LogP contribution in [-0.4, -0.2) is 12.1 Å². The molecule has 0 saturated heterocycles. The minimum Gasteiger partial charge on any atom is -0.342 e. The van der Waals surface area contributed by atoms with Crippen LogP contribution in [0.25, 0.3) is 0 Å². The molecule has 1 aromatic carbocycles. The van der Waals surface area contributed by atoms with Crippen molar-refractivity contribution < 1.29 is 0 Å². The fourth-order valence-corrected chi connectivity index (χ4v) is 2.77. The normalized spacial score (nSPS) is 22.2. The Morgan fingerprint density at radius 2 is 1.95 bits per heavy atom. The van der Waals surface area contributed by atoms with Crippen LogP contribution >= 0.6 is 0 Å². The van der Waals surface area contributed by atoms with E-state index in [1.54, 1.807) is 0 Å². The number of unbranched alkanes of at least 4 members (excludes halogenated alkanes) is 1. The highest BCUT2D eigenvalue weighted by Gasteiger charge is 2.23. The first-order chi connectivity index (χ1) is 9.53. The Morgan fingerprint density at radius 3 is 2.55 bits per heavy atom. The summed E-state index contributed by atoms with van der Waals surface area (Å²) in [6, 6.07) is 10.6. The highest BCUT2D eigenvalue weighted by molar-refractivity contribution is 5.56. The molecule has 0 aliphatic heterocycles. The summed E-state index contributed by atoms with van der Waals surface area (Å²) in [7, 11) is 0. The van der Waals surface area contributed by atoms with Crippen molar-refractivity contribution in [1.29, 1.82) is 0 Å². The van der Waals surface area contributed by atoms with Gasteiger partial charge in [-0.3, -0.25) is 0 Å². The molecule has 1 unspecified atom stereocenters. The first kappa shape index (κ1) is 14.9. The zero-order valence-corrected chi connectivity index (χ0v) is 12.9. The predicted octanol–water partition coefficient (Wildman–Crippen LogP) is 4.24. The van der Waals surface area contributed by atoms with Gasteiger partial charge in [0.15, 0.2) is 0 Å². The van der Waals surface area contributed by atoms with Gasteiger partial charge in [0.2, 0.25) is 0 Å². The first-order valence-corrected chi connectivity index (χ1v) is 7.54. The zero-order valence-electron chi connectivity index (χ0n) is 12.9. The molecule has 20 heavy (non-hydrogen) atoms. The van der Waals surface area contributed by atoms with Gasteiger partial charge in [-0.25, -0.2) is 0 Å². The third-order valence-electron chi connectivity index (χ3n) is 3.80. The predicted molar refractivity (Wildman–Crippen MR) is 87.7 cm³/mol. The molecule has 2 rings (SSSR count). The van der Waals surface area contributed by atoms with Crippen LogP contribution in [0.3, 0.4) is 0 Å². The number of anilines is 1. The van der Waals surface area contributed by atoms with Crippen molar-refractivity contribution in [2.75, 3.05) is 11.4 Å². The highest BCUT2D eigenvalue weighted by Crippen LogP contribution is 2.30. The molecular weight excluding hydrogens is 244 g/mol. The summed E-state index contributed by atoms with van der Waals surface area (Å²) in [4.78, 5) is 2.42. The number of nitrogens with two attached hydrogens (primary N) is 1. The van der Waals surface area contributed by atoms with E-state index in [9.17, 15) is 0 Å². The van der Waals surface area contributed by atoms with Gasteiger partial charge in [-0.05, 0) is 50.5 Å². The van der Waals surface area contributed by atoms with Gasteiger partial charge in [0.1, 0.15) is 0 Å². The molecule has 0 fully saturated rings. The third-order valence-corrected chi connectivity index (χ3v) is 3.80. The Labute approximate surface area is 123 Å². The summed E-state index contributed by atoms with van der Waals surface area (Å²) in [5, 5.41) is 0. The van der Waals surface area contributed by atoms with Gasteiger partial charge in [-0.15, -0.1) is 0 Å². The van der Waals surface area contributed by atoms with Crippen molar-refractivity contribution in [1.82, 2.24) is 0 Å². The zero-order chi connectivity index (χ0) is 14.6. The van der Waals surface area contributed by atoms with E-state index < -0.39 is 0 Å². The van der Waals surface area contributed by atoms with E-state index in [1.165, 1.54) is 29.8 Å². The maximum Gasteiger partial charge on any atom is 0.0410 e. The van der Waals surface area contributed by atoms with E-state index in [0.29, 0.717) is 0 Å². The van der Waals surface area contributed by atoms with Crippen LogP contribution in [0.1, 0.15) is 40.0 Å². The fraction of sp³-hybridized carbons (Fsp3) is 0.444. The largest absolute Gasteiger partial charge is 0.342 e. The molecule has 2 nitrogen and oxygen atoms in total. The quantitative estimate of drug-likeness (QED) is 0.867. The summed E-state index contributed by atoms with van der Waals surface area (Å²) in [6.07, 6.45) is 7.65. The molecule has 0 bridgehead atoms. The van der Waals surface area contributed by atoms with Crippen LogP contribution in [0.5, 0.6) is 0 Å². The van der Waals surface area contributed by atoms with E-state index in [-0.39, 0.29) is 5.54 Å². The second-order valence-corrected chi connectivity index (χ2v) is 6.02. The average Bonchev–Trinajstić information content (AvgIpc) is 2.41. The Balaban J connectivity index is 2.31. The third kappa shape index (κ3) is 3.51. The van der Waals surface area contributed by atoms with Gasteiger partial charge in [0, 0.05) is 23.5 Å². The van der Waals surface area contributed by atoms with Gasteiger partial charge >= 0.3 is 0 Å². The minimum absolute atomic E-state index is 0.208. The van der Waals surface area contributed by atoms with Gasteiger partial charge in [-0.1, -0.05) is 37.6 Å². The lowest BCUT2D eigenvalue weighted by Gasteiger charge is -2.33. The number of para-hydroxylation sites is 1. The summed E-state index contributed by atoms with van der Waals surface area (Å²) >= 11 is 0. The molecule has 0 saturated carbocycles. The summed E-state index contributed by atoms with van der Waals surface area (Å²) in [6.45, 7) is 7.57. The SMILES string of the molecule is CCCCN(C1=C(C)CC(C)(N)C=C1)c1ccccc1. The van der Waals surface area contributed by atoms with Gasteiger partial charge < -0.3 is 10.6 Å². The molecule has 0 spiro atoms. The molecule has 0 aromatic heterocycles. The second-order valence-electron chi connectivity index (χ2n) is 6.02. The molecule has 1 aliphatic carbocycles. The van der Waals surface area contributed by atoms with Gasteiger partial charge in [-0.2, -0.15) is 0 Å². The highest BCUT2D eigenvalue weighted by atomic mass is 15.1. The Morgan fingerprint density at radius 1 is 1.25 bits per heavy atom. The molecular formula is C18H26N2. The smallest absolute Gasteiger partial charge is 0.0410 e. The van der Waals surface area contributed by atoms with Crippen LogP contribution in [0.4, 0.5) is 5.69 Å². The average molecular weight is 270 g/mol.